The fourth-order valence-electron chi connectivity index (χ4n) is 1.11. The topological polar surface area (TPSA) is 72.7 Å². The van der Waals surface area contributed by atoms with Crippen LogP contribution in [0.4, 0.5) is 5.82 Å². The summed E-state index contributed by atoms with van der Waals surface area (Å²) in [6.07, 6.45) is 3.08. The van der Waals surface area contributed by atoms with Gasteiger partial charge in [-0.25, -0.2) is 0 Å². The first-order valence-corrected chi connectivity index (χ1v) is 4.82. The third-order valence-corrected chi connectivity index (χ3v) is 2.04. The van der Waals surface area contributed by atoms with Gasteiger partial charge < -0.3 is 5.32 Å². The molecule has 2 aromatic rings. The Bertz CT molecular complexity index is 507. The SMILES string of the molecule is Cn1cc(C(=O)Nc2ccc(Cl)nn2)cn1. The first-order chi connectivity index (χ1) is 7.65. The van der Waals surface area contributed by atoms with E-state index in [-0.39, 0.29) is 11.1 Å². The number of aromatic nitrogens is 4. The molecule has 1 N–H and O–H groups in total. The average Bonchev–Trinajstić information content (AvgIpc) is 2.68. The van der Waals surface area contributed by atoms with Crippen molar-refractivity contribution in [3.05, 3.63) is 35.2 Å². The molecule has 0 spiro atoms. The number of anilines is 1. The lowest BCUT2D eigenvalue weighted by molar-refractivity contribution is 0.102. The molecule has 0 aliphatic heterocycles. The minimum atomic E-state index is -0.287. The molecule has 0 aliphatic rings. The van der Waals surface area contributed by atoms with Crippen molar-refractivity contribution in [2.24, 2.45) is 7.05 Å². The lowest BCUT2D eigenvalue weighted by Crippen LogP contribution is -2.12. The van der Waals surface area contributed by atoms with Crippen molar-refractivity contribution in [2.45, 2.75) is 0 Å². The summed E-state index contributed by atoms with van der Waals surface area (Å²) in [4.78, 5) is 11.6. The van der Waals surface area contributed by atoms with Crippen LogP contribution in [0.5, 0.6) is 0 Å². The molecular formula is C9H8ClN5O. The second kappa shape index (κ2) is 4.28. The molecule has 0 aliphatic carbocycles. The summed E-state index contributed by atoms with van der Waals surface area (Å²) in [6, 6.07) is 3.12. The van der Waals surface area contributed by atoms with Gasteiger partial charge in [0.1, 0.15) is 0 Å². The summed E-state index contributed by atoms with van der Waals surface area (Å²) >= 11 is 5.57. The molecule has 2 aromatic heterocycles. The van der Waals surface area contributed by atoms with E-state index in [1.807, 2.05) is 0 Å². The van der Waals surface area contributed by atoms with Gasteiger partial charge in [0.2, 0.25) is 0 Å². The minimum absolute atomic E-state index is 0.277. The molecule has 82 valence electrons. The van der Waals surface area contributed by atoms with E-state index in [0.29, 0.717) is 11.4 Å². The number of amides is 1. The number of carbonyl (C=O) groups excluding carboxylic acids is 1. The van der Waals surface area contributed by atoms with E-state index in [0.717, 1.165) is 0 Å². The van der Waals surface area contributed by atoms with E-state index in [9.17, 15) is 4.79 Å². The summed E-state index contributed by atoms with van der Waals surface area (Å²) < 4.78 is 1.54. The number of nitrogens with one attached hydrogen (secondary N) is 1. The van der Waals surface area contributed by atoms with Crippen molar-refractivity contribution in [1.29, 1.82) is 0 Å². The molecular weight excluding hydrogens is 230 g/mol. The first kappa shape index (κ1) is 10.6. The van der Waals surface area contributed by atoms with Crippen LogP contribution in [0.15, 0.2) is 24.5 Å². The highest BCUT2D eigenvalue weighted by Crippen LogP contribution is 2.07. The summed E-state index contributed by atoms with van der Waals surface area (Å²) in [7, 11) is 1.73. The fraction of sp³-hybridized carbons (Fsp3) is 0.111. The highest BCUT2D eigenvalue weighted by molar-refractivity contribution is 6.29. The number of hydrogen-bond acceptors (Lipinski definition) is 4. The predicted molar refractivity (Wildman–Crippen MR) is 58.2 cm³/mol. The normalized spacial score (nSPS) is 10.1. The summed E-state index contributed by atoms with van der Waals surface area (Å²) in [6.45, 7) is 0. The van der Waals surface area contributed by atoms with Gasteiger partial charge in [-0.3, -0.25) is 9.48 Å². The highest BCUT2D eigenvalue weighted by Gasteiger charge is 2.08. The Hall–Kier alpha value is -1.95. The van der Waals surface area contributed by atoms with Crippen LogP contribution in [0, 0.1) is 0 Å². The molecule has 0 saturated heterocycles. The Morgan fingerprint density at radius 2 is 2.25 bits per heavy atom. The van der Waals surface area contributed by atoms with Crippen LogP contribution in [-0.4, -0.2) is 25.9 Å². The summed E-state index contributed by atoms with van der Waals surface area (Å²) in [5, 5.41) is 14.1. The number of nitrogens with zero attached hydrogens (tertiary/aromatic N) is 4. The van der Waals surface area contributed by atoms with Crippen molar-refractivity contribution in [1.82, 2.24) is 20.0 Å². The zero-order valence-corrected chi connectivity index (χ0v) is 9.14. The maximum absolute atomic E-state index is 11.6. The molecule has 0 unspecified atom stereocenters. The number of hydrogen-bond donors (Lipinski definition) is 1. The maximum atomic E-state index is 11.6. The Morgan fingerprint density at radius 3 is 2.81 bits per heavy atom. The number of carbonyl (C=O) groups is 1. The van der Waals surface area contributed by atoms with Crippen LogP contribution in [0.2, 0.25) is 5.15 Å². The Morgan fingerprint density at radius 1 is 1.44 bits per heavy atom. The van der Waals surface area contributed by atoms with Gasteiger partial charge in [-0.05, 0) is 12.1 Å². The molecule has 0 radical (unpaired) electrons. The molecule has 2 rings (SSSR count). The molecule has 0 bridgehead atoms. The van der Waals surface area contributed by atoms with E-state index in [1.165, 1.54) is 6.20 Å². The lowest BCUT2D eigenvalue weighted by Gasteiger charge is -2.00. The van der Waals surface area contributed by atoms with E-state index < -0.39 is 0 Å². The van der Waals surface area contributed by atoms with E-state index in [4.69, 9.17) is 11.6 Å². The molecule has 0 fully saturated rings. The molecule has 16 heavy (non-hydrogen) atoms. The Labute approximate surface area is 96.2 Å². The van der Waals surface area contributed by atoms with Gasteiger partial charge in [0.25, 0.3) is 5.91 Å². The third-order valence-electron chi connectivity index (χ3n) is 1.84. The zero-order valence-electron chi connectivity index (χ0n) is 8.38. The van der Waals surface area contributed by atoms with E-state index >= 15 is 0 Å². The largest absolute Gasteiger partial charge is 0.305 e. The predicted octanol–water partition coefficient (Wildman–Crippen LogP) is 1.12. The van der Waals surface area contributed by atoms with Gasteiger partial charge >= 0.3 is 0 Å². The van der Waals surface area contributed by atoms with Crippen LogP contribution in [-0.2, 0) is 7.05 Å². The van der Waals surface area contributed by atoms with Crippen LogP contribution in [0.3, 0.4) is 0 Å². The van der Waals surface area contributed by atoms with Gasteiger partial charge in [-0.2, -0.15) is 5.10 Å². The molecule has 0 saturated carbocycles. The lowest BCUT2D eigenvalue weighted by atomic mass is 10.3. The standard InChI is InChI=1S/C9H8ClN5O/c1-15-5-6(4-11-15)9(16)12-8-3-2-7(10)13-14-8/h2-5H,1H3,(H,12,14,16). The van der Waals surface area contributed by atoms with E-state index in [2.05, 4.69) is 20.6 Å². The first-order valence-electron chi connectivity index (χ1n) is 4.44. The quantitative estimate of drug-likeness (QED) is 0.849. The molecule has 7 heteroatoms. The van der Waals surface area contributed by atoms with Crippen LogP contribution < -0.4 is 5.32 Å². The smallest absolute Gasteiger partial charge is 0.260 e. The summed E-state index contributed by atoms with van der Waals surface area (Å²) in [5.41, 5.74) is 0.458. The zero-order chi connectivity index (χ0) is 11.5. The summed E-state index contributed by atoms with van der Waals surface area (Å²) in [5.74, 6) is 0.0583. The monoisotopic (exact) mass is 237 g/mol. The number of halogens is 1. The second-order valence-corrected chi connectivity index (χ2v) is 3.49. The molecule has 1 amide bonds. The van der Waals surface area contributed by atoms with Crippen LogP contribution in [0.1, 0.15) is 10.4 Å². The Kier molecular flexibility index (Phi) is 2.82. The Balaban J connectivity index is 2.10. The van der Waals surface area contributed by atoms with Crippen LogP contribution >= 0.6 is 11.6 Å². The minimum Gasteiger partial charge on any atom is -0.305 e. The maximum Gasteiger partial charge on any atom is 0.260 e. The van der Waals surface area contributed by atoms with E-state index in [1.54, 1.807) is 30.1 Å². The van der Waals surface area contributed by atoms with Crippen molar-refractivity contribution < 1.29 is 4.79 Å². The van der Waals surface area contributed by atoms with Gasteiger partial charge in [0.05, 0.1) is 11.8 Å². The molecule has 0 aromatic carbocycles. The second-order valence-electron chi connectivity index (χ2n) is 3.10. The molecule has 0 atom stereocenters. The molecule has 2 heterocycles. The van der Waals surface area contributed by atoms with Gasteiger partial charge in [0, 0.05) is 13.2 Å². The third kappa shape index (κ3) is 2.34. The van der Waals surface area contributed by atoms with Crippen molar-refractivity contribution >= 4 is 23.3 Å². The van der Waals surface area contributed by atoms with Crippen LogP contribution in [0.25, 0.3) is 0 Å². The fourth-order valence-corrected chi connectivity index (χ4v) is 1.21. The average molecular weight is 238 g/mol. The van der Waals surface area contributed by atoms with Crippen molar-refractivity contribution in [2.75, 3.05) is 5.32 Å². The van der Waals surface area contributed by atoms with Crippen molar-refractivity contribution in [3.63, 3.8) is 0 Å². The van der Waals surface area contributed by atoms with Gasteiger partial charge in [-0.1, -0.05) is 11.6 Å². The number of aryl methyl sites for hydroxylation is 1. The van der Waals surface area contributed by atoms with Gasteiger partial charge in [0.15, 0.2) is 11.0 Å². The highest BCUT2D eigenvalue weighted by atomic mass is 35.5. The number of rotatable bonds is 2. The van der Waals surface area contributed by atoms with Crippen molar-refractivity contribution in [3.8, 4) is 0 Å². The van der Waals surface area contributed by atoms with Gasteiger partial charge in [-0.15, -0.1) is 10.2 Å². The molecule has 6 nitrogen and oxygen atoms in total.